The predicted octanol–water partition coefficient (Wildman–Crippen LogP) is 3.12. The lowest BCUT2D eigenvalue weighted by Crippen LogP contribution is -2.37. The van der Waals surface area contributed by atoms with E-state index in [-0.39, 0.29) is 5.91 Å². The fraction of sp³-hybridized carbons (Fsp3) is 0.188. The summed E-state index contributed by atoms with van der Waals surface area (Å²) in [6.07, 6.45) is -0.521. The van der Waals surface area contributed by atoms with Gasteiger partial charge in [0, 0.05) is 12.7 Å². The first-order valence-corrected chi connectivity index (χ1v) is 6.23. The third-order valence-electron chi connectivity index (χ3n) is 2.88. The largest absolute Gasteiger partial charge is 0.481 e. The molecule has 0 aromatic heterocycles. The molecule has 0 fully saturated rings. The first-order chi connectivity index (χ1) is 9.18. The van der Waals surface area contributed by atoms with Gasteiger partial charge in [0.05, 0.1) is 0 Å². The van der Waals surface area contributed by atoms with Crippen molar-refractivity contribution in [2.75, 3.05) is 11.9 Å². The van der Waals surface area contributed by atoms with Crippen LogP contribution < -0.4 is 9.64 Å². The molecule has 0 radical (unpaired) electrons. The molecule has 0 aliphatic rings. The van der Waals surface area contributed by atoms with Crippen LogP contribution in [-0.2, 0) is 4.79 Å². The van der Waals surface area contributed by atoms with Gasteiger partial charge in [-0.05, 0) is 31.2 Å². The zero-order valence-corrected chi connectivity index (χ0v) is 11.1. The second-order valence-electron chi connectivity index (χ2n) is 4.31. The maximum Gasteiger partial charge on any atom is 0.267 e. The van der Waals surface area contributed by atoms with Gasteiger partial charge in [0.1, 0.15) is 5.75 Å². The molecule has 3 heteroatoms. The van der Waals surface area contributed by atoms with Crippen LogP contribution in [0.15, 0.2) is 60.7 Å². The number of para-hydroxylation sites is 2. The van der Waals surface area contributed by atoms with Gasteiger partial charge in [-0.2, -0.15) is 0 Å². The minimum absolute atomic E-state index is 0.0740. The minimum Gasteiger partial charge on any atom is -0.481 e. The Bertz CT molecular complexity index is 525. The third-order valence-corrected chi connectivity index (χ3v) is 2.88. The van der Waals surface area contributed by atoms with E-state index < -0.39 is 6.10 Å². The van der Waals surface area contributed by atoms with E-state index in [1.165, 1.54) is 0 Å². The van der Waals surface area contributed by atoms with Crippen LogP contribution in [0.25, 0.3) is 0 Å². The maximum atomic E-state index is 12.2. The molecule has 0 aliphatic heterocycles. The average molecular weight is 255 g/mol. The van der Waals surface area contributed by atoms with Crippen molar-refractivity contribution in [1.82, 2.24) is 0 Å². The van der Waals surface area contributed by atoms with Crippen LogP contribution in [0.2, 0.25) is 0 Å². The van der Waals surface area contributed by atoms with Crippen molar-refractivity contribution in [1.29, 1.82) is 0 Å². The lowest BCUT2D eigenvalue weighted by atomic mass is 10.2. The van der Waals surface area contributed by atoms with Crippen molar-refractivity contribution in [2.45, 2.75) is 13.0 Å². The molecule has 19 heavy (non-hydrogen) atoms. The Kier molecular flexibility index (Phi) is 4.18. The van der Waals surface area contributed by atoms with Gasteiger partial charge in [-0.15, -0.1) is 0 Å². The van der Waals surface area contributed by atoms with Gasteiger partial charge in [0.2, 0.25) is 0 Å². The van der Waals surface area contributed by atoms with Gasteiger partial charge in [-0.1, -0.05) is 36.4 Å². The highest BCUT2D eigenvalue weighted by Gasteiger charge is 2.20. The lowest BCUT2D eigenvalue weighted by molar-refractivity contribution is -0.124. The number of carbonyl (C=O) groups is 1. The maximum absolute atomic E-state index is 12.2. The van der Waals surface area contributed by atoms with Gasteiger partial charge in [0.15, 0.2) is 6.10 Å². The molecule has 1 amide bonds. The fourth-order valence-electron chi connectivity index (χ4n) is 1.81. The lowest BCUT2D eigenvalue weighted by Gasteiger charge is -2.22. The highest BCUT2D eigenvalue weighted by Crippen LogP contribution is 2.15. The van der Waals surface area contributed by atoms with E-state index in [9.17, 15) is 4.79 Å². The number of benzene rings is 2. The van der Waals surface area contributed by atoms with E-state index in [1.54, 1.807) is 18.9 Å². The minimum atomic E-state index is -0.521. The summed E-state index contributed by atoms with van der Waals surface area (Å²) < 4.78 is 5.63. The van der Waals surface area contributed by atoms with E-state index in [0.717, 1.165) is 5.69 Å². The molecule has 1 atom stereocenters. The van der Waals surface area contributed by atoms with E-state index in [2.05, 4.69) is 0 Å². The Balaban J connectivity index is 2.03. The Morgan fingerprint density at radius 3 is 2.11 bits per heavy atom. The quantitative estimate of drug-likeness (QED) is 0.840. The molecule has 0 N–H and O–H groups in total. The molecule has 2 aromatic rings. The normalized spacial score (nSPS) is 11.7. The van der Waals surface area contributed by atoms with Gasteiger partial charge in [-0.25, -0.2) is 0 Å². The highest BCUT2D eigenvalue weighted by molar-refractivity contribution is 5.95. The van der Waals surface area contributed by atoms with Gasteiger partial charge in [0.25, 0.3) is 5.91 Å². The van der Waals surface area contributed by atoms with Crippen molar-refractivity contribution >= 4 is 11.6 Å². The summed E-state index contributed by atoms with van der Waals surface area (Å²) in [5.74, 6) is 0.625. The monoisotopic (exact) mass is 255 g/mol. The number of likely N-dealkylation sites (N-methyl/N-ethyl adjacent to an activating group) is 1. The summed E-state index contributed by atoms with van der Waals surface area (Å²) in [4.78, 5) is 13.9. The first-order valence-electron chi connectivity index (χ1n) is 6.23. The van der Waals surface area contributed by atoms with E-state index in [1.807, 2.05) is 60.7 Å². The number of rotatable bonds is 4. The fourth-order valence-corrected chi connectivity index (χ4v) is 1.81. The number of hydrogen-bond donors (Lipinski definition) is 0. The zero-order valence-electron chi connectivity index (χ0n) is 11.1. The van der Waals surface area contributed by atoms with E-state index in [0.29, 0.717) is 5.75 Å². The second-order valence-corrected chi connectivity index (χ2v) is 4.31. The van der Waals surface area contributed by atoms with Crippen molar-refractivity contribution in [2.24, 2.45) is 0 Å². The molecule has 0 aliphatic carbocycles. The number of nitrogens with zero attached hydrogens (tertiary/aromatic N) is 1. The summed E-state index contributed by atoms with van der Waals surface area (Å²) in [5, 5.41) is 0. The SMILES string of the molecule is C[C@H](Oc1ccccc1)C(=O)N(C)c1ccccc1. The Labute approximate surface area is 113 Å². The molecule has 0 heterocycles. The zero-order chi connectivity index (χ0) is 13.7. The van der Waals surface area contributed by atoms with Crippen LogP contribution in [-0.4, -0.2) is 19.1 Å². The van der Waals surface area contributed by atoms with Crippen LogP contribution >= 0.6 is 0 Å². The summed E-state index contributed by atoms with van der Waals surface area (Å²) in [6, 6.07) is 18.9. The second kappa shape index (κ2) is 6.05. The first kappa shape index (κ1) is 13.1. The summed E-state index contributed by atoms with van der Waals surface area (Å²) in [5.41, 5.74) is 0.857. The molecular weight excluding hydrogens is 238 g/mol. The molecule has 3 nitrogen and oxygen atoms in total. The number of ether oxygens (including phenoxy) is 1. The Morgan fingerprint density at radius 1 is 1.00 bits per heavy atom. The molecule has 0 spiro atoms. The van der Waals surface area contributed by atoms with Crippen LogP contribution in [0.4, 0.5) is 5.69 Å². The number of carbonyl (C=O) groups excluding carboxylic acids is 1. The summed E-state index contributed by atoms with van der Waals surface area (Å²) in [7, 11) is 1.75. The van der Waals surface area contributed by atoms with Crippen molar-refractivity contribution in [3.05, 3.63) is 60.7 Å². The van der Waals surface area contributed by atoms with Gasteiger partial charge in [-0.3, -0.25) is 4.79 Å². The highest BCUT2D eigenvalue weighted by atomic mass is 16.5. The van der Waals surface area contributed by atoms with Gasteiger partial charge < -0.3 is 9.64 Å². The summed E-state index contributed by atoms with van der Waals surface area (Å²) in [6.45, 7) is 1.76. The smallest absolute Gasteiger partial charge is 0.267 e. The standard InChI is InChI=1S/C16H17NO2/c1-13(19-15-11-7-4-8-12-15)16(18)17(2)14-9-5-3-6-10-14/h3-13H,1-2H3/t13-/m0/s1. The molecule has 0 bridgehead atoms. The molecule has 0 saturated heterocycles. The van der Waals surface area contributed by atoms with Crippen molar-refractivity contribution in [3.8, 4) is 5.75 Å². The van der Waals surface area contributed by atoms with Crippen LogP contribution in [0.1, 0.15) is 6.92 Å². The van der Waals surface area contributed by atoms with E-state index >= 15 is 0 Å². The van der Waals surface area contributed by atoms with Crippen LogP contribution in [0, 0.1) is 0 Å². The molecule has 2 rings (SSSR count). The van der Waals surface area contributed by atoms with Crippen LogP contribution in [0.5, 0.6) is 5.75 Å². The number of amides is 1. The van der Waals surface area contributed by atoms with Crippen molar-refractivity contribution in [3.63, 3.8) is 0 Å². The number of anilines is 1. The molecule has 2 aromatic carbocycles. The Morgan fingerprint density at radius 2 is 1.53 bits per heavy atom. The predicted molar refractivity (Wildman–Crippen MR) is 76.4 cm³/mol. The average Bonchev–Trinajstić information content (AvgIpc) is 2.47. The van der Waals surface area contributed by atoms with Gasteiger partial charge >= 0.3 is 0 Å². The molecule has 0 saturated carbocycles. The van der Waals surface area contributed by atoms with E-state index in [4.69, 9.17) is 4.74 Å². The Hall–Kier alpha value is -2.29. The van der Waals surface area contributed by atoms with Crippen LogP contribution in [0.3, 0.4) is 0 Å². The van der Waals surface area contributed by atoms with Crippen molar-refractivity contribution < 1.29 is 9.53 Å². The molecular formula is C16H17NO2. The summed E-state index contributed by atoms with van der Waals surface area (Å²) >= 11 is 0. The molecule has 0 unspecified atom stereocenters. The third kappa shape index (κ3) is 3.35. The number of hydrogen-bond acceptors (Lipinski definition) is 2. The topological polar surface area (TPSA) is 29.5 Å². The molecule has 98 valence electrons.